The first-order valence-corrected chi connectivity index (χ1v) is 4.51. The average molecular weight is 239 g/mol. The molecule has 8 nitrogen and oxygen atoms in total. The topological polar surface area (TPSA) is 107 Å². The molecule has 17 heavy (non-hydrogen) atoms. The van der Waals surface area contributed by atoms with Gasteiger partial charge in [-0.1, -0.05) is 0 Å². The van der Waals surface area contributed by atoms with Crippen LogP contribution in [-0.2, 0) is 4.79 Å². The molecule has 0 aliphatic heterocycles. The highest BCUT2D eigenvalue weighted by Crippen LogP contribution is 2.27. The van der Waals surface area contributed by atoms with Gasteiger partial charge in [-0.3, -0.25) is 25.0 Å². The molecular formula is C9H9N3O5. The predicted octanol–water partition coefficient (Wildman–Crippen LogP) is 1.49. The highest BCUT2D eigenvalue weighted by Gasteiger charge is 2.19. The number of hydrogen-bond acceptors (Lipinski definition) is 5. The summed E-state index contributed by atoms with van der Waals surface area (Å²) < 4.78 is 0. The summed E-state index contributed by atoms with van der Waals surface area (Å²) in [5, 5.41) is 21.2. The molecule has 0 aliphatic rings. The maximum Gasteiger partial charge on any atom is 0.278 e. The lowest BCUT2D eigenvalue weighted by Crippen LogP contribution is -2.22. The van der Waals surface area contributed by atoms with E-state index >= 15 is 0 Å². The normalized spacial score (nSPS) is 9.76. The zero-order valence-corrected chi connectivity index (χ0v) is 9.11. The minimum Gasteiger partial charge on any atom is -0.315 e. The summed E-state index contributed by atoms with van der Waals surface area (Å²) in [4.78, 5) is 31.9. The quantitative estimate of drug-likeness (QED) is 0.586. The Hall–Kier alpha value is -2.51. The molecule has 8 heteroatoms. The third kappa shape index (κ3) is 2.74. The number of rotatable bonds is 3. The molecule has 0 N–H and O–H groups in total. The summed E-state index contributed by atoms with van der Waals surface area (Å²) in [6.45, 7) is 1.25. The Bertz CT molecular complexity index is 467. The number of nitro groups is 2. The van der Waals surface area contributed by atoms with Gasteiger partial charge >= 0.3 is 0 Å². The molecule has 0 aliphatic carbocycles. The molecule has 1 aromatic carbocycles. The summed E-state index contributed by atoms with van der Waals surface area (Å²) in [5.41, 5.74) is -0.747. The Balaban J connectivity index is 3.36. The summed E-state index contributed by atoms with van der Waals surface area (Å²) >= 11 is 0. The third-order valence-corrected chi connectivity index (χ3v) is 2.17. The van der Waals surface area contributed by atoms with E-state index in [0.717, 1.165) is 23.1 Å². The zero-order chi connectivity index (χ0) is 13.2. The Kier molecular flexibility index (Phi) is 3.37. The van der Waals surface area contributed by atoms with Gasteiger partial charge in [0.2, 0.25) is 5.91 Å². The zero-order valence-electron chi connectivity index (χ0n) is 9.11. The van der Waals surface area contributed by atoms with Crippen LogP contribution < -0.4 is 4.90 Å². The summed E-state index contributed by atoms with van der Waals surface area (Å²) in [7, 11) is 1.38. The molecule has 90 valence electrons. The van der Waals surface area contributed by atoms with Gasteiger partial charge in [-0.2, -0.15) is 0 Å². The van der Waals surface area contributed by atoms with Crippen molar-refractivity contribution in [2.45, 2.75) is 6.92 Å². The fraction of sp³-hybridized carbons (Fsp3) is 0.222. The molecule has 0 heterocycles. The van der Waals surface area contributed by atoms with Crippen LogP contribution in [0.25, 0.3) is 0 Å². The highest BCUT2D eigenvalue weighted by atomic mass is 16.6. The van der Waals surface area contributed by atoms with Crippen molar-refractivity contribution < 1.29 is 14.6 Å². The minimum absolute atomic E-state index is 0.110. The Morgan fingerprint density at radius 1 is 1.12 bits per heavy atom. The predicted molar refractivity (Wildman–Crippen MR) is 58.8 cm³/mol. The molecule has 0 saturated heterocycles. The molecule has 0 unspecified atom stereocenters. The van der Waals surface area contributed by atoms with E-state index in [4.69, 9.17) is 0 Å². The Morgan fingerprint density at radius 3 is 1.82 bits per heavy atom. The number of benzene rings is 1. The Labute approximate surface area is 95.8 Å². The van der Waals surface area contributed by atoms with Crippen molar-refractivity contribution in [2.75, 3.05) is 11.9 Å². The van der Waals surface area contributed by atoms with Crippen molar-refractivity contribution in [3.63, 3.8) is 0 Å². The maximum absolute atomic E-state index is 11.1. The molecule has 0 spiro atoms. The van der Waals surface area contributed by atoms with Crippen LogP contribution in [0.2, 0.25) is 0 Å². The SMILES string of the molecule is CC(=O)N(C)c1cc([N+](=O)[O-])cc([N+](=O)[O-])c1. The standard InChI is InChI=1S/C9H9N3O5/c1-6(13)10(2)7-3-8(11(14)15)5-9(4-7)12(16)17/h3-5H,1-2H3. The average Bonchev–Trinajstić information content (AvgIpc) is 2.27. The number of nitrogens with zero attached hydrogens (tertiary/aromatic N) is 3. The molecule has 0 atom stereocenters. The van der Waals surface area contributed by atoms with Crippen LogP contribution in [0.1, 0.15) is 6.92 Å². The van der Waals surface area contributed by atoms with Gasteiger partial charge in [0.05, 0.1) is 21.6 Å². The van der Waals surface area contributed by atoms with Crippen molar-refractivity contribution in [3.8, 4) is 0 Å². The number of non-ortho nitro benzene ring substituents is 2. The van der Waals surface area contributed by atoms with Gasteiger partial charge in [0.25, 0.3) is 11.4 Å². The van der Waals surface area contributed by atoms with E-state index in [-0.39, 0.29) is 11.6 Å². The second kappa shape index (κ2) is 4.56. The molecule has 0 saturated carbocycles. The molecule has 1 amide bonds. The van der Waals surface area contributed by atoms with E-state index in [1.54, 1.807) is 0 Å². The van der Waals surface area contributed by atoms with Crippen molar-refractivity contribution in [1.82, 2.24) is 0 Å². The lowest BCUT2D eigenvalue weighted by molar-refractivity contribution is -0.394. The van der Waals surface area contributed by atoms with E-state index in [0.29, 0.717) is 0 Å². The summed E-state index contributed by atoms with van der Waals surface area (Å²) in [6, 6.07) is 3.06. The molecular weight excluding hydrogens is 230 g/mol. The van der Waals surface area contributed by atoms with Crippen LogP contribution >= 0.6 is 0 Å². The van der Waals surface area contributed by atoms with Crippen molar-refractivity contribution in [1.29, 1.82) is 0 Å². The first kappa shape index (κ1) is 12.6. The molecule has 1 aromatic rings. The maximum atomic E-state index is 11.1. The van der Waals surface area contributed by atoms with E-state index in [2.05, 4.69) is 0 Å². The smallest absolute Gasteiger partial charge is 0.278 e. The fourth-order valence-corrected chi connectivity index (χ4v) is 1.17. The number of carbonyl (C=O) groups is 1. The van der Waals surface area contributed by atoms with E-state index in [9.17, 15) is 25.0 Å². The van der Waals surface area contributed by atoms with Gasteiger partial charge < -0.3 is 4.90 Å². The Morgan fingerprint density at radius 2 is 1.53 bits per heavy atom. The van der Waals surface area contributed by atoms with Gasteiger partial charge in [0, 0.05) is 26.1 Å². The van der Waals surface area contributed by atoms with Crippen LogP contribution in [-0.4, -0.2) is 22.8 Å². The van der Waals surface area contributed by atoms with Crippen LogP contribution in [0, 0.1) is 20.2 Å². The van der Waals surface area contributed by atoms with Gasteiger partial charge in [-0.15, -0.1) is 0 Å². The van der Waals surface area contributed by atoms with Crippen molar-refractivity contribution in [2.24, 2.45) is 0 Å². The molecule has 0 radical (unpaired) electrons. The second-order valence-corrected chi connectivity index (χ2v) is 3.30. The third-order valence-electron chi connectivity index (χ3n) is 2.17. The van der Waals surface area contributed by atoms with Crippen molar-refractivity contribution >= 4 is 23.0 Å². The fourth-order valence-electron chi connectivity index (χ4n) is 1.17. The van der Waals surface area contributed by atoms with Crippen LogP contribution in [0.5, 0.6) is 0 Å². The van der Waals surface area contributed by atoms with Gasteiger partial charge in [0.15, 0.2) is 0 Å². The number of anilines is 1. The molecule has 0 fully saturated rings. The lowest BCUT2D eigenvalue weighted by atomic mass is 10.2. The van der Waals surface area contributed by atoms with Gasteiger partial charge in [-0.05, 0) is 0 Å². The van der Waals surface area contributed by atoms with Crippen molar-refractivity contribution in [3.05, 3.63) is 38.4 Å². The highest BCUT2D eigenvalue weighted by molar-refractivity contribution is 5.91. The summed E-state index contributed by atoms with van der Waals surface area (Å²) in [5.74, 6) is -0.375. The first-order chi connectivity index (χ1) is 7.82. The lowest BCUT2D eigenvalue weighted by Gasteiger charge is -2.14. The first-order valence-electron chi connectivity index (χ1n) is 4.51. The number of hydrogen-bond donors (Lipinski definition) is 0. The van der Waals surface area contributed by atoms with Crippen LogP contribution in [0.3, 0.4) is 0 Å². The molecule has 0 bridgehead atoms. The number of amides is 1. The van der Waals surface area contributed by atoms with E-state index < -0.39 is 21.2 Å². The van der Waals surface area contributed by atoms with Crippen LogP contribution in [0.15, 0.2) is 18.2 Å². The number of carbonyl (C=O) groups excluding carboxylic acids is 1. The van der Waals surface area contributed by atoms with E-state index in [1.165, 1.54) is 14.0 Å². The van der Waals surface area contributed by atoms with E-state index in [1.807, 2.05) is 0 Å². The molecule has 0 aromatic heterocycles. The monoisotopic (exact) mass is 239 g/mol. The largest absolute Gasteiger partial charge is 0.315 e. The summed E-state index contributed by atoms with van der Waals surface area (Å²) in [6.07, 6.45) is 0. The van der Waals surface area contributed by atoms with Crippen LogP contribution in [0.4, 0.5) is 17.1 Å². The minimum atomic E-state index is -0.746. The molecule has 1 rings (SSSR count). The van der Waals surface area contributed by atoms with Gasteiger partial charge in [0.1, 0.15) is 0 Å². The number of nitro benzene ring substituents is 2. The second-order valence-electron chi connectivity index (χ2n) is 3.30. The van der Waals surface area contributed by atoms with Gasteiger partial charge in [-0.25, -0.2) is 0 Å².